The molecule has 0 saturated heterocycles. The number of rotatable bonds is 9. The summed E-state index contributed by atoms with van der Waals surface area (Å²) >= 11 is 0. The predicted octanol–water partition coefficient (Wildman–Crippen LogP) is 4.67. The first-order valence-electron chi connectivity index (χ1n) is 12.3. The Bertz CT molecular complexity index is 1550. The molecule has 10 nitrogen and oxygen atoms in total. The van der Waals surface area contributed by atoms with Crippen LogP contribution in [0.3, 0.4) is 0 Å². The molecule has 0 atom stereocenters. The van der Waals surface area contributed by atoms with E-state index in [4.69, 9.17) is 0 Å². The Morgan fingerprint density at radius 2 is 1.64 bits per heavy atom. The zero-order valence-corrected chi connectivity index (χ0v) is 23.0. The van der Waals surface area contributed by atoms with Crippen molar-refractivity contribution in [2.24, 2.45) is 0 Å². The van der Waals surface area contributed by atoms with Crippen LogP contribution in [0.1, 0.15) is 42.3 Å². The van der Waals surface area contributed by atoms with Gasteiger partial charge in [0.15, 0.2) is 0 Å². The molecule has 2 aromatic heterocycles. The molecular weight excluding hydrogens is 514 g/mol. The third kappa shape index (κ3) is 7.82. The van der Waals surface area contributed by atoms with E-state index in [1.165, 1.54) is 0 Å². The molecule has 0 radical (unpaired) electrons. The lowest BCUT2D eigenvalue weighted by atomic mass is 10.1. The lowest BCUT2D eigenvalue weighted by Gasteiger charge is -2.20. The molecular formula is C28H31N7O3S. The van der Waals surface area contributed by atoms with Gasteiger partial charge in [0.1, 0.15) is 5.82 Å². The molecule has 1 amide bonds. The summed E-state index contributed by atoms with van der Waals surface area (Å²) in [5.74, 6) is 0.687. The predicted molar refractivity (Wildman–Crippen MR) is 152 cm³/mol. The van der Waals surface area contributed by atoms with Crippen molar-refractivity contribution in [1.29, 1.82) is 0 Å². The highest BCUT2D eigenvalue weighted by molar-refractivity contribution is 7.89. The van der Waals surface area contributed by atoms with E-state index in [-0.39, 0.29) is 10.8 Å². The molecule has 0 bridgehead atoms. The second kappa shape index (κ2) is 11.6. The van der Waals surface area contributed by atoms with E-state index >= 15 is 0 Å². The maximum Gasteiger partial charge on any atom is 0.251 e. The van der Waals surface area contributed by atoms with E-state index in [2.05, 4.69) is 35.6 Å². The number of nitrogens with zero attached hydrogens (tertiary/aromatic N) is 3. The number of pyridine rings is 1. The fourth-order valence-corrected chi connectivity index (χ4v) is 5.05. The summed E-state index contributed by atoms with van der Waals surface area (Å²) < 4.78 is 28.1. The molecule has 11 heteroatoms. The van der Waals surface area contributed by atoms with Gasteiger partial charge in [-0.15, -0.1) is 0 Å². The van der Waals surface area contributed by atoms with E-state index in [9.17, 15) is 13.2 Å². The van der Waals surface area contributed by atoms with E-state index in [1.54, 1.807) is 87.9 Å². The average molecular weight is 546 g/mol. The van der Waals surface area contributed by atoms with Crippen LogP contribution in [0.5, 0.6) is 0 Å². The number of sulfonamides is 1. The molecule has 0 aliphatic carbocycles. The van der Waals surface area contributed by atoms with Gasteiger partial charge in [-0.05, 0) is 87.9 Å². The lowest BCUT2D eigenvalue weighted by Crippen LogP contribution is -2.40. The summed E-state index contributed by atoms with van der Waals surface area (Å²) in [6.07, 6.45) is 5.03. The Balaban J connectivity index is 1.43. The topological polar surface area (TPSA) is 138 Å². The Morgan fingerprint density at radius 3 is 2.33 bits per heavy atom. The van der Waals surface area contributed by atoms with Gasteiger partial charge >= 0.3 is 0 Å². The Morgan fingerprint density at radius 1 is 0.923 bits per heavy atom. The minimum atomic E-state index is -3.69. The number of amides is 1. The minimum absolute atomic E-state index is 0.150. The first-order chi connectivity index (χ1) is 18.5. The van der Waals surface area contributed by atoms with Crippen molar-refractivity contribution in [2.75, 3.05) is 10.6 Å². The molecule has 202 valence electrons. The summed E-state index contributed by atoms with van der Waals surface area (Å²) in [6, 6.07) is 17.2. The third-order valence-corrected chi connectivity index (χ3v) is 7.18. The van der Waals surface area contributed by atoms with Gasteiger partial charge in [0.05, 0.1) is 4.90 Å². The van der Waals surface area contributed by atoms with Gasteiger partial charge in [-0.3, -0.25) is 9.78 Å². The van der Waals surface area contributed by atoms with Crippen LogP contribution < -0.4 is 20.7 Å². The smallest absolute Gasteiger partial charge is 0.251 e. The number of hydrogen-bond acceptors (Lipinski definition) is 8. The number of benzene rings is 2. The first-order valence-corrected chi connectivity index (χ1v) is 13.8. The molecule has 0 aliphatic rings. The molecule has 4 rings (SSSR count). The van der Waals surface area contributed by atoms with E-state index in [1.807, 2.05) is 19.1 Å². The van der Waals surface area contributed by atoms with E-state index in [0.29, 0.717) is 35.2 Å². The molecule has 2 heterocycles. The number of carbonyl (C=O) groups is 1. The minimum Gasteiger partial charge on any atom is -0.348 e. The molecule has 2 aromatic carbocycles. The summed E-state index contributed by atoms with van der Waals surface area (Å²) in [5, 5.41) is 9.20. The second-order valence-corrected chi connectivity index (χ2v) is 11.7. The fourth-order valence-electron chi connectivity index (χ4n) is 3.59. The molecule has 0 saturated carbocycles. The fraction of sp³-hybridized carbons (Fsp3) is 0.214. The van der Waals surface area contributed by atoms with Gasteiger partial charge < -0.3 is 16.0 Å². The zero-order valence-electron chi connectivity index (χ0n) is 22.2. The maximum atomic E-state index is 12.7. The number of aromatic nitrogens is 3. The van der Waals surface area contributed by atoms with Crippen molar-refractivity contribution in [3.8, 4) is 0 Å². The monoisotopic (exact) mass is 545 g/mol. The molecule has 39 heavy (non-hydrogen) atoms. The van der Waals surface area contributed by atoms with Gasteiger partial charge in [-0.25, -0.2) is 18.1 Å². The first kappa shape index (κ1) is 27.7. The van der Waals surface area contributed by atoms with Crippen LogP contribution in [-0.2, 0) is 16.6 Å². The van der Waals surface area contributed by atoms with Crippen molar-refractivity contribution in [2.45, 2.75) is 44.7 Å². The number of carbonyl (C=O) groups excluding carboxylic acids is 1. The highest BCUT2D eigenvalue weighted by atomic mass is 32.2. The summed E-state index contributed by atoms with van der Waals surface area (Å²) in [5.41, 5.74) is 2.94. The van der Waals surface area contributed by atoms with Gasteiger partial charge in [0.25, 0.3) is 5.91 Å². The standard InChI is InChI=1S/C28H31N7O3S/c1-19-17-31-27(33-22-10-8-21(9-11-22)26(36)30-18-20-12-14-29-15-13-20)34-25(19)32-23-6-5-7-24(16-23)39(37,38)35-28(2,3)4/h5-17,35H,18H2,1-4H3,(H,30,36)(H2,31,32,33,34). The Hall–Kier alpha value is -4.35. The quantitative estimate of drug-likeness (QED) is 0.238. The normalized spacial score (nSPS) is 11.6. The molecule has 0 aliphatic heterocycles. The van der Waals surface area contributed by atoms with Crippen LogP contribution >= 0.6 is 0 Å². The van der Waals surface area contributed by atoms with Crippen LogP contribution in [0.25, 0.3) is 0 Å². The summed E-state index contributed by atoms with van der Waals surface area (Å²) in [7, 11) is -3.69. The molecule has 4 aromatic rings. The van der Waals surface area contributed by atoms with Crippen LogP contribution in [-0.4, -0.2) is 34.8 Å². The summed E-state index contributed by atoms with van der Waals surface area (Å²) in [4.78, 5) is 25.5. The zero-order chi connectivity index (χ0) is 28.0. The molecule has 0 unspecified atom stereocenters. The molecule has 0 spiro atoms. The Kier molecular flexibility index (Phi) is 8.22. The van der Waals surface area contributed by atoms with E-state index in [0.717, 1.165) is 11.1 Å². The Labute approximate surface area is 228 Å². The van der Waals surface area contributed by atoms with Gasteiger partial charge in [0, 0.05) is 53.2 Å². The highest BCUT2D eigenvalue weighted by Crippen LogP contribution is 2.24. The van der Waals surface area contributed by atoms with Crippen molar-refractivity contribution in [3.63, 3.8) is 0 Å². The molecule has 4 N–H and O–H groups in total. The van der Waals surface area contributed by atoms with Crippen molar-refractivity contribution >= 4 is 39.1 Å². The van der Waals surface area contributed by atoms with Crippen molar-refractivity contribution < 1.29 is 13.2 Å². The van der Waals surface area contributed by atoms with Crippen LogP contribution in [0.4, 0.5) is 23.1 Å². The van der Waals surface area contributed by atoms with Crippen LogP contribution in [0.2, 0.25) is 0 Å². The van der Waals surface area contributed by atoms with Gasteiger partial charge in [0.2, 0.25) is 16.0 Å². The molecule has 0 fully saturated rings. The average Bonchev–Trinajstić information content (AvgIpc) is 2.89. The van der Waals surface area contributed by atoms with Crippen molar-refractivity contribution in [3.05, 3.63) is 95.9 Å². The highest BCUT2D eigenvalue weighted by Gasteiger charge is 2.22. The number of hydrogen-bond donors (Lipinski definition) is 4. The largest absolute Gasteiger partial charge is 0.348 e. The van der Waals surface area contributed by atoms with Crippen molar-refractivity contribution in [1.82, 2.24) is 25.0 Å². The van der Waals surface area contributed by atoms with Crippen LogP contribution in [0.15, 0.2) is 84.1 Å². The second-order valence-electron chi connectivity index (χ2n) is 9.97. The summed E-state index contributed by atoms with van der Waals surface area (Å²) in [6.45, 7) is 7.64. The van der Waals surface area contributed by atoms with Crippen LogP contribution in [0, 0.1) is 6.92 Å². The lowest BCUT2D eigenvalue weighted by molar-refractivity contribution is 0.0951. The number of anilines is 4. The van der Waals surface area contributed by atoms with Gasteiger partial charge in [-0.1, -0.05) is 6.07 Å². The van der Waals surface area contributed by atoms with E-state index < -0.39 is 15.6 Å². The number of aryl methyl sites for hydroxylation is 1. The maximum absolute atomic E-state index is 12.7. The SMILES string of the molecule is Cc1cnc(Nc2ccc(C(=O)NCc3ccncc3)cc2)nc1Nc1cccc(S(=O)(=O)NC(C)(C)C)c1. The third-order valence-electron chi connectivity index (χ3n) is 5.42. The number of nitrogens with one attached hydrogen (secondary N) is 4. The van der Waals surface area contributed by atoms with Gasteiger partial charge in [-0.2, -0.15) is 4.98 Å².